The van der Waals surface area contributed by atoms with Crippen LogP contribution >= 0.6 is 0 Å². The molecule has 1 saturated carbocycles. The molecule has 0 atom stereocenters. The maximum absolute atomic E-state index is 12.6. The van der Waals surface area contributed by atoms with Crippen LogP contribution in [0.1, 0.15) is 43.6 Å². The Morgan fingerprint density at radius 3 is 1.70 bits per heavy atom. The van der Waals surface area contributed by atoms with Crippen LogP contribution in [0.3, 0.4) is 0 Å². The summed E-state index contributed by atoms with van der Waals surface area (Å²) in [6, 6.07) is 22.2. The molecular weight excluding hydrogens is 879 g/mol. The Kier molecular flexibility index (Phi) is 12.2. The molecule has 0 bridgehead atoms. The molecule has 20 nitrogen and oxygen atoms in total. The van der Waals surface area contributed by atoms with Crippen molar-refractivity contribution in [2.24, 2.45) is 30.7 Å². The Bertz CT molecular complexity index is 3200. The van der Waals surface area contributed by atoms with Crippen LogP contribution in [0.25, 0.3) is 10.8 Å². The number of hydrogen-bond acceptors (Lipinski definition) is 17. The number of hydrogen-bond donors (Lipinski definition) is 8. The van der Waals surface area contributed by atoms with E-state index >= 15 is 0 Å². The third kappa shape index (κ3) is 10.1. The lowest BCUT2D eigenvalue weighted by molar-refractivity contribution is 0.443. The van der Waals surface area contributed by atoms with Crippen molar-refractivity contribution in [3.63, 3.8) is 0 Å². The summed E-state index contributed by atoms with van der Waals surface area (Å²) in [4.78, 5) is -2.65. The quantitative estimate of drug-likeness (QED) is 0.0322. The number of phenols is 2. The van der Waals surface area contributed by atoms with Crippen LogP contribution in [0.2, 0.25) is 0 Å². The van der Waals surface area contributed by atoms with E-state index in [-0.39, 0.29) is 33.9 Å². The van der Waals surface area contributed by atoms with E-state index in [2.05, 4.69) is 36.0 Å². The molecule has 0 unspecified atom stereocenters. The predicted octanol–water partition coefficient (Wildman–Crippen LogP) is 10.2. The molecule has 7 rings (SSSR count). The highest BCUT2D eigenvalue weighted by molar-refractivity contribution is 7.86. The number of anilines is 4. The van der Waals surface area contributed by atoms with Gasteiger partial charge in [0.25, 0.3) is 30.4 Å². The van der Waals surface area contributed by atoms with Crippen LogP contribution in [0.5, 0.6) is 11.5 Å². The zero-order valence-electron chi connectivity index (χ0n) is 32.6. The first kappa shape index (κ1) is 44.2. The predicted molar refractivity (Wildman–Crippen MR) is 233 cm³/mol. The van der Waals surface area contributed by atoms with Gasteiger partial charge in [0.15, 0.2) is 5.75 Å². The second kappa shape index (κ2) is 17.5. The fourth-order valence-corrected chi connectivity index (χ4v) is 8.97. The van der Waals surface area contributed by atoms with Crippen molar-refractivity contribution in [1.29, 1.82) is 0 Å². The van der Waals surface area contributed by atoms with Gasteiger partial charge in [0.05, 0.1) is 39.5 Å². The van der Waals surface area contributed by atoms with Crippen molar-refractivity contribution in [1.82, 2.24) is 0 Å². The van der Waals surface area contributed by atoms with Gasteiger partial charge in [-0.2, -0.15) is 40.6 Å². The van der Waals surface area contributed by atoms with Gasteiger partial charge in [-0.25, -0.2) is 0 Å². The van der Waals surface area contributed by atoms with Gasteiger partial charge in [-0.15, -0.1) is 15.3 Å². The third-order valence-corrected chi connectivity index (χ3v) is 12.7. The molecule has 0 aliphatic heterocycles. The lowest BCUT2D eigenvalue weighted by Gasteiger charge is -2.21. The SMILES string of the molecule is Nc1cc(O)ccc1/N=N/c1ccc(Nc2ccc(/N=N/c3c(S(=O)(=O)O)cc4cc(S(=O)(=O)O)c(/N=N/c5ccc(C6CCCCC6)cc5)c(O)c4c3N)cc2S(=O)(=O)O)cc1. The number of nitrogens with one attached hydrogen (secondary N) is 1. The molecule has 6 aromatic carbocycles. The largest absolute Gasteiger partial charge is 0.508 e. The molecule has 6 aromatic rings. The highest BCUT2D eigenvalue weighted by Crippen LogP contribution is 2.48. The van der Waals surface area contributed by atoms with Crippen LogP contribution in [0.4, 0.5) is 56.9 Å². The van der Waals surface area contributed by atoms with Gasteiger partial charge in [-0.3, -0.25) is 13.7 Å². The van der Waals surface area contributed by atoms with Crippen molar-refractivity contribution in [2.45, 2.75) is 52.7 Å². The van der Waals surface area contributed by atoms with E-state index in [0.717, 1.165) is 49.4 Å². The minimum atomic E-state index is -5.22. The molecule has 0 amide bonds. The van der Waals surface area contributed by atoms with Crippen LogP contribution in [-0.4, -0.2) is 49.1 Å². The number of nitrogens with two attached hydrogens (primary N) is 2. The average Bonchev–Trinajstić information content (AvgIpc) is 3.22. The van der Waals surface area contributed by atoms with Gasteiger partial charge in [0.1, 0.15) is 37.5 Å². The monoisotopic (exact) mass is 915 g/mol. The molecule has 63 heavy (non-hydrogen) atoms. The van der Waals surface area contributed by atoms with Crippen LogP contribution in [0.15, 0.2) is 142 Å². The summed E-state index contributed by atoms with van der Waals surface area (Å²) in [7, 11) is -15.3. The molecule has 326 valence electrons. The number of aromatic hydroxyl groups is 2. The molecule has 0 radical (unpaired) electrons. The summed E-state index contributed by atoms with van der Waals surface area (Å²) in [5.41, 5.74) is 12.3. The first-order valence-electron chi connectivity index (χ1n) is 18.8. The number of rotatable bonds is 12. The lowest BCUT2D eigenvalue weighted by Crippen LogP contribution is -2.04. The van der Waals surface area contributed by atoms with E-state index < -0.39 is 73.2 Å². The molecule has 0 spiro atoms. The average molecular weight is 916 g/mol. The molecule has 23 heteroatoms. The van der Waals surface area contributed by atoms with Crippen LogP contribution < -0.4 is 16.8 Å². The van der Waals surface area contributed by atoms with Crippen LogP contribution in [-0.2, 0) is 30.4 Å². The van der Waals surface area contributed by atoms with E-state index in [9.17, 15) is 49.1 Å². The highest BCUT2D eigenvalue weighted by Gasteiger charge is 2.28. The molecule has 0 heterocycles. The number of benzene rings is 6. The fraction of sp³-hybridized carbons (Fsp3) is 0.150. The molecule has 0 saturated heterocycles. The normalized spacial score (nSPS) is 14.3. The first-order valence-corrected chi connectivity index (χ1v) is 23.1. The molecule has 0 aromatic heterocycles. The van der Waals surface area contributed by atoms with Crippen molar-refractivity contribution in [3.8, 4) is 11.5 Å². The minimum absolute atomic E-state index is 0.0367. The number of azo groups is 3. The molecule has 10 N–H and O–H groups in total. The molecule has 1 aliphatic carbocycles. The Balaban J connectivity index is 1.22. The minimum Gasteiger partial charge on any atom is -0.508 e. The van der Waals surface area contributed by atoms with Crippen LogP contribution in [0, 0.1) is 0 Å². The standard InChI is InChI=1S/C40H37N9O11S3/c41-30-21-29(50)15-17-31(30)47-44-27-12-10-25(11-13-27)43-32-16-14-28(20-33(32)61(52,53)54)46-48-38-34(62(55,56)57)18-24-19-35(63(58,59)60)39(40(51)36(24)37(38)42)49-45-26-8-6-23(7-9-26)22-4-2-1-3-5-22/h6-22,43,50-51H,1-5,41-42H2,(H,52,53,54)(H,55,56,57)(H,58,59,60)/b47-44+,48-46+,49-45+. The summed E-state index contributed by atoms with van der Waals surface area (Å²) in [6.07, 6.45) is 5.53. The summed E-state index contributed by atoms with van der Waals surface area (Å²) in [5, 5.41) is 46.9. The smallest absolute Gasteiger partial charge is 0.296 e. The number of fused-ring (bicyclic) bond motifs is 1. The second-order valence-corrected chi connectivity index (χ2v) is 18.5. The zero-order valence-corrected chi connectivity index (χ0v) is 35.0. The van der Waals surface area contributed by atoms with Crippen molar-refractivity contribution in [2.75, 3.05) is 16.8 Å². The Morgan fingerprint density at radius 1 is 0.556 bits per heavy atom. The number of phenolic OH excluding ortho intramolecular Hbond substituents is 2. The fourth-order valence-electron chi connectivity index (χ4n) is 6.97. The van der Waals surface area contributed by atoms with Crippen molar-refractivity contribution in [3.05, 3.63) is 103 Å². The van der Waals surface area contributed by atoms with E-state index in [1.165, 1.54) is 48.9 Å². The summed E-state index contributed by atoms with van der Waals surface area (Å²) in [5.74, 6) is -0.602. The van der Waals surface area contributed by atoms with E-state index in [1.807, 2.05) is 12.1 Å². The Hall–Kier alpha value is -6.89. The summed E-state index contributed by atoms with van der Waals surface area (Å²) in [6.45, 7) is 0. The third-order valence-electron chi connectivity index (χ3n) is 10.0. The van der Waals surface area contributed by atoms with Crippen molar-refractivity contribution >= 4 is 98.0 Å². The van der Waals surface area contributed by atoms with Gasteiger partial charge in [0, 0.05) is 11.8 Å². The summed E-state index contributed by atoms with van der Waals surface area (Å²) >= 11 is 0. The highest BCUT2D eigenvalue weighted by atomic mass is 32.2. The van der Waals surface area contributed by atoms with Gasteiger partial charge in [0.2, 0.25) is 0 Å². The van der Waals surface area contributed by atoms with Gasteiger partial charge >= 0.3 is 0 Å². The van der Waals surface area contributed by atoms with Gasteiger partial charge < -0.3 is 27.0 Å². The van der Waals surface area contributed by atoms with Gasteiger partial charge in [-0.1, -0.05) is 31.4 Å². The topological polar surface area (TPSA) is 342 Å². The molecule has 1 aliphatic rings. The first-order chi connectivity index (χ1) is 29.8. The van der Waals surface area contributed by atoms with Crippen molar-refractivity contribution < 1.29 is 49.1 Å². The lowest BCUT2D eigenvalue weighted by atomic mass is 9.84. The second-order valence-electron chi connectivity index (χ2n) is 14.4. The zero-order chi connectivity index (χ0) is 45.3. The molecular formula is C40H37N9O11S3. The Morgan fingerprint density at radius 2 is 1.10 bits per heavy atom. The van der Waals surface area contributed by atoms with E-state index in [0.29, 0.717) is 23.0 Å². The number of nitrogen functional groups attached to an aromatic ring is 2. The maximum atomic E-state index is 12.6. The Labute approximate surface area is 360 Å². The molecule has 1 fully saturated rings. The van der Waals surface area contributed by atoms with Gasteiger partial charge in [-0.05, 0) is 109 Å². The van der Waals surface area contributed by atoms with E-state index in [4.69, 9.17) is 11.5 Å². The number of nitrogens with zero attached hydrogens (tertiary/aromatic N) is 6. The maximum Gasteiger partial charge on any atom is 0.296 e. The summed E-state index contributed by atoms with van der Waals surface area (Å²) < 4.78 is 106. The van der Waals surface area contributed by atoms with E-state index in [1.54, 1.807) is 24.3 Å².